The van der Waals surface area contributed by atoms with Crippen LogP contribution >= 0.6 is 0 Å². The van der Waals surface area contributed by atoms with Crippen molar-refractivity contribution in [2.45, 2.75) is 26.2 Å². The summed E-state index contributed by atoms with van der Waals surface area (Å²) in [5.41, 5.74) is 8.12. The zero-order valence-electron chi connectivity index (χ0n) is 15.6. The van der Waals surface area contributed by atoms with E-state index in [9.17, 15) is 9.59 Å². The van der Waals surface area contributed by atoms with Gasteiger partial charge in [0.25, 0.3) is 5.91 Å². The van der Waals surface area contributed by atoms with E-state index in [0.717, 1.165) is 43.5 Å². The highest BCUT2D eigenvalue weighted by molar-refractivity contribution is 5.92. The number of primary amides is 1. The van der Waals surface area contributed by atoms with E-state index in [0.29, 0.717) is 18.8 Å². The zero-order chi connectivity index (χ0) is 19.2. The number of piperidine rings is 1. The lowest BCUT2D eigenvalue weighted by Crippen LogP contribution is -2.42. The standard InChI is InChI=1S/C20H26N4O3/c1-14-5-7-15(8-6-14)17-12-18(27-23-17)20(26)22-9-3-11-24-10-2-4-16(13-24)19(21)25/h5-8,12,16H,2-4,9-11,13H2,1H3,(H2,21,25)(H,22,26). The molecule has 7 nitrogen and oxygen atoms in total. The average Bonchev–Trinajstić information content (AvgIpc) is 3.16. The van der Waals surface area contributed by atoms with Gasteiger partial charge >= 0.3 is 0 Å². The predicted octanol–water partition coefficient (Wildman–Crippen LogP) is 1.97. The van der Waals surface area contributed by atoms with Crippen LogP contribution in [0, 0.1) is 12.8 Å². The van der Waals surface area contributed by atoms with Crippen LogP contribution in [-0.4, -0.2) is 48.0 Å². The maximum atomic E-state index is 12.2. The molecule has 3 rings (SSSR count). The second kappa shape index (κ2) is 8.81. The number of carbonyl (C=O) groups excluding carboxylic acids is 2. The van der Waals surface area contributed by atoms with Crippen molar-refractivity contribution in [1.29, 1.82) is 0 Å². The number of rotatable bonds is 7. The summed E-state index contributed by atoms with van der Waals surface area (Å²) in [6, 6.07) is 9.54. The summed E-state index contributed by atoms with van der Waals surface area (Å²) < 4.78 is 5.17. The molecule has 7 heteroatoms. The lowest BCUT2D eigenvalue weighted by Gasteiger charge is -2.31. The molecule has 0 radical (unpaired) electrons. The summed E-state index contributed by atoms with van der Waals surface area (Å²) in [5.74, 6) is -0.336. The highest BCUT2D eigenvalue weighted by Gasteiger charge is 2.23. The van der Waals surface area contributed by atoms with Gasteiger partial charge in [-0.2, -0.15) is 0 Å². The third-order valence-electron chi connectivity index (χ3n) is 4.93. The van der Waals surface area contributed by atoms with Crippen LogP contribution in [-0.2, 0) is 4.79 Å². The number of likely N-dealkylation sites (tertiary alicyclic amines) is 1. The Hall–Kier alpha value is -2.67. The summed E-state index contributed by atoms with van der Waals surface area (Å²) in [6.45, 7) is 5.07. The molecule has 1 atom stereocenters. The number of aryl methyl sites for hydroxylation is 1. The van der Waals surface area contributed by atoms with Gasteiger partial charge in [-0.1, -0.05) is 35.0 Å². The van der Waals surface area contributed by atoms with Gasteiger partial charge in [0.15, 0.2) is 0 Å². The van der Waals surface area contributed by atoms with Gasteiger partial charge in [0.05, 0.1) is 5.92 Å². The van der Waals surface area contributed by atoms with Crippen LogP contribution < -0.4 is 11.1 Å². The number of nitrogens with one attached hydrogen (secondary N) is 1. The van der Waals surface area contributed by atoms with Crippen molar-refractivity contribution in [1.82, 2.24) is 15.4 Å². The van der Waals surface area contributed by atoms with Crippen molar-refractivity contribution in [3.8, 4) is 11.3 Å². The van der Waals surface area contributed by atoms with Gasteiger partial charge in [-0.25, -0.2) is 0 Å². The van der Waals surface area contributed by atoms with Crippen LogP contribution in [0.4, 0.5) is 0 Å². The maximum Gasteiger partial charge on any atom is 0.289 e. The molecule has 1 fully saturated rings. The SMILES string of the molecule is Cc1ccc(-c2cc(C(=O)NCCCN3CCCC(C(N)=O)C3)on2)cc1. The molecule has 0 aliphatic carbocycles. The molecule has 2 heterocycles. The summed E-state index contributed by atoms with van der Waals surface area (Å²) >= 11 is 0. The predicted molar refractivity (Wildman–Crippen MR) is 102 cm³/mol. The molecule has 2 aromatic rings. The summed E-state index contributed by atoms with van der Waals surface area (Å²) in [7, 11) is 0. The minimum absolute atomic E-state index is 0.0530. The van der Waals surface area contributed by atoms with Crippen LogP contribution in [0.1, 0.15) is 35.4 Å². The molecule has 0 bridgehead atoms. The Morgan fingerprint density at radius 1 is 1.33 bits per heavy atom. The summed E-state index contributed by atoms with van der Waals surface area (Å²) in [6.07, 6.45) is 2.66. The first kappa shape index (κ1) is 19.1. The van der Waals surface area contributed by atoms with E-state index in [1.165, 1.54) is 0 Å². The molecule has 1 aliphatic rings. The number of hydrogen-bond acceptors (Lipinski definition) is 5. The first-order chi connectivity index (χ1) is 13.0. The fourth-order valence-electron chi connectivity index (χ4n) is 3.33. The van der Waals surface area contributed by atoms with E-state index < -0.39 is 0 Å². The lowest BCUT2D eigenvalue weighted by atomic mass is 9.97. The normalized spacial score (nSPS) is 17.6. The van der Waals surface area contributed by atoms with Crippen molar-refractivity contribution < 1.29 is 14.1 Å². The van der Waals surface area contributed by atoms with E-state index in [2.05, 4.69) is 15.4 Å². The van der Waals surface area contributed by atoms with Crippen molar-refractivity contribution in [2.24, 2.45) is 11.7 Å². The van der Waals surface area contributed by atoms with Crippen molar-refractivity contribution in [3.05, 3.63) is 41.7 Å². The Morgan fingerprint density at radius 3 is 2.85 bits per heavy atom. The summed E-state index contributed by atoms with van der Waals surface area (Å²) in [4.78, 5) is 25.8. The molecular formula is C20H26N4O3. The second-order valence-electron chi connectivity index (χ2n) is 7.09. The number of nitrogens with two attached hydrogens (primary N) is 1. The third kappa shape index (κ3) is 5.17. The van der Waals surface area contributed by atoms with Crippen LogP contribution in [0.15, 0.2) is 34.9 Å². The first-order valence-corrected chi connectivity index (χ1v) is 9.36. The summed E-state index contributed by atoms with van der Waals surface area (Å²) in [5, 5.41) is 6.83. The average molecular weight is 370 g/mol. The molecule has 1 aliphatic heterocycles. The fraction of sp³-hybridized carbons (Fsp3) is 0.450. The number of hydrogen-bond donors (Lipinski definition) is 2. The van der Waals surface area contributed by atoms with Crippen LogP contribution in [0.25, 0.3) is 11.3 Å². The highest BCUT2D eigenvalue weighted by Crippen LogP contribution is 2.19. The van der Waals surface area contributed by atoms with Crippen molar-refractivity contribution in [2.75, 3.05) is 26.2 Å². The number of aromatic nitrogens is 1. The Balaban J connectivity index is 1.43. The quantitative estimate of drug-likeness (QED) is 0.726. The molecule has 1 aromatic carbocycles. The van der Waals surface area contributed by atoms with E-state index in [-0.39, 0.29) is 23.5 Å². The zero-order valence-corrected chi connectivity index (χ0v) is 15.6. The largest absolute Gasteiger partial charge is 0.369 e. The van der Waals surface area contributed by atoms with E-state index in [1.54, 1.807) is 6.07 Å². The second-order valence-corrected chi connectivity index (χ2v) is 7.09. The molecular weight excluding hydrogens is 344 g/mol. The van der Waals surface area contributed by atoms with E-state index in [4.69, 9.17) is 10.3 Å². The van der Waals surface area contributed by atoms with Gasteiger partial charge in [0.1, 0.15) is 5.69 Å². The number of nitrogens with zero attached hydrogens (tertiary/aromatic N) is 2. The Labute approximate surface area is 158 Å². The minimum atomic E-state index is -0.269. The van der Waals surface area contributed by atoms with Gasteiger partial charge in [-0.15, -0.1) is 0 Å². The molecule has 0 saturated carbocycles. The van der Waals surface area contributed by atoms with E-state index >= 15 is 0 Å². The third-order valence-corrected chi connectivity index (χ3v) is 4.93. The molecule has 2 amide bonds. The van der Waals surface area contributed by atoms with Crippen LogP contribution in [0.3, 0.4) is 0 Å². The molecule has 1 saturated heterocycles. The topological polar surface area (TPSA) is 101 Å². The minimum Gasteiger partial charge on any atom is -0.369 e. The first-order valence-electron chi connectivity index (χ1n) is 9.36. The molecule has 0 spiro atoms. The van der Waals surface area contributed by atoms with Gasteiger partial charge in [0, 0.05) is 24.7 Å². The molecule has 27 heavy (non-hydrogen) atoms. The fourth-order valence-corrected chi connectivity index (χ4v) is 3.33. The van der Waals surface area contributed by atoms with E-state index in [1.807, 2.05) is 31.2 Å². The lowest BCUT2D eigenvalue weighted by molar-refractivity contribution is -0.123. The van der Waals surface area contributed by atoms with Crippen LogP contribution in [0.2, 0.25) is 0 Å². The van der Waals surface area contributed by atoms with Crippen molar-refractivity contribution in [3.63, 3.8) is 0 Å². The Morgan fingerprint density at radius 2 is 2.11 bits per heavy atom. The van der Waals surface area contributed by atoms with Gasteiger partial charge < -0.3 is 20.5 Å². The molecule has 1 aromatic heterocycles. The smallest absolute Gasteiger partial charge is 0.289 e. The maximum absolute atomic E-state index is 12.2. The number of carbonyl (C=O) groups is 2. The van der Waals surface area contributed by atoms with Gasteiger partial charge in [0.2, 0.25) is 11.7 Å². The van der Waals surface area contributed by atoms with Crippen molar-refractivity contribution >= 4 is 11.8 Å². The highest BCUT2D eigenvalue weighted by atomic mass is 16.5. The Bertz CT molecular complexity index is 785. The molecule has 3 N–H and O–H groups in total. The van der Waals surface area contributed by atoms with Crippen LogP contribution in [0.5, 0.6) is 0 Å². The number of benzene rings is 1. The monoisotopic (exact) mass is 370 g/mol. The molecule has 144 valence electrons. The van der Waals surface area contributed by atoms with Gasteiger partial charge in [-0.05, 0) is 39.3 Å². The Kier molecular flexibility index (Phi) is 6.24. The van der Waals surface area contributed by atoms with Gasteiger partial charge in [-0.3, -0.25) is 9.59 Å². The molecule has 1 unspecified atom stereocenters. The number of amides is 2.